The number of nitrogens with one attached hydrogen (secondary N) is 1. The predicted molar refractivity (Wildman–Crippen MR) is 102 cm³/mol. The van der Waals surface area contributed by atoms with Gasteiger partial charge in [0.15, 0.2) is 0 Å². The molecule has 154 valence electrons. The zero-order chi connectivity index (χ0) is 20.7. The number of carbonyl (C=O) groups excluding carboxylic acids is 4. The van der Waals surface area contributed by atoms with Gasteiger partial charge in [0.25, 0.3) is 11.8 Å². The Bertz CT molecular complexity index is 886. The first-order chi connectivity index (χ1) is 13.9. The molecule has 1 aromatic carbocycles. The molecular weight excluding hydrogens is 376 g/mol. The molecule has 4 N–H and O–H groups in total. The largest absolute Gasteiger partial charge is 0.396 e. The monoisotopic (exact) mass is 400 g/mol. The van der Waals surface area contributed by atoms with Gasteiger partial charge in [-0.15, -0.1) is 0 Å². The van der Waals surface area contributed by atoms with Crippen LogP contribution >= 0.6 is 0 Å². The molecule has 3 atom stereocenters. The number of carbonyl (C=O) groups is 4. The fourth-order valence-electron chi connectivity index (χ4n) is 4.43. The smallest absolute Gasteiger partial charge is 0.262 e. The number of aliphatic hydroxyl groups excluding tert-OH is 1. The lowest BCUT2D eigenvalue weighted by Gasteiger charge is -2.36. The van der Waals surface area contributed by atoms with E-state index in [-0.39, 0.29) is 37.0 Å². The molecule has 2 fully saturated rings. The van der Waals surface area contributed by atoms with Crippen LogP contribution < -0.4 is 11.1 Å². The number of piperidine rings is 2. The fraction of sp³-hybridized carbons (Fsp3) is 0.500. The second kappa shape index (κ2) is 7.66. The third-order valence-corrected chi connectivity index (χ3v) is 6.07. The second-order valence-electron chi connectivity index (χ2n) is 7.92. The average Bonchev–Trinajstić information content (AvgIpc) is 2.94. The molecule has 3 aliphatic heterocycles. The summed E-state index contributed by atoms with van der Waals surface area (Å²) in [5, 5.41) is 11.6. The number of rotatable bonds is 4. The van der Waals surface area contributed by atoms with E-state index in [0.717, 1.165) is 17.9 Å². The number of hydrogen-bond acceptors (Lipinski definition) is 7. The van der Waals surface area contributed by atoms with E-state index in [1.807, 2.05) is 6.07 Å². The Kier molecular flexibility index (Phi) is 5.20. The number of benzene rings is 1. The molecule has 9 heteroatoms. The van der Waals surface area contributed by atoms with Gasteiger partial charge in [-0.1, -0.05) is 12.1 Å². The van der Waals surface area contributed by atoms with Gasteiger partial charge >= 0.3 is 0 Å². The summed E-state index contributed by atoms with van der Waals surface area (Å²) in [6, 6.07) is 4.01. The van der Waals surface area contributed by atoms with Crippen LogP contribution in [0.25, 0.3) is 0 Å². The van der Waals surface area contributed by atoms with Gasteiger partial charge in [0.05, 0.1) is 11.1 Å². The van der Waals surface area contributed by atoms with Crippen molar-refractivity contribution in [3.05, 3.63) is 34.9 Å². The third kappa shape index (κ3) is 3.45. The molecule has 0 radical (unpaired) electrons. The molecule has 0 aliphatic carbocycles. The van der Waals surface area contributed by atoms with Crippen molar-refractivity contribution in [1.29, 1.82) is 0 Å². The highest BCUT2D eigenvalue weighted by Crippen LogP contribution is 2.31. The summed E-state index contributed by atoms with van der Waals surface area (Å²) in [5.74, 6) is -1.94. The number of imide groups is 2. The van der Waals surface area contributed by atoms with Crippen molar-refractivity contribution < 1.29 is 24.3 Å². The number of nitrogens with two attached hydrogens (primary N) is 1. The molecule has 3 heterocycles. The summed E-state index contributed by atoms with van der Waals surface area (Å²) in [4.78, 5) is 52.7. The van der Waals surface area contributed by atoms with Gasteiger partial charge in [-0.25, -0.2) is 0 Å². The molecule has 0 bridgehead atoms. The Morgan fingerprint density at radius 1 is 1.14 bits per heavy atom. The summed E-state index contributed by atoms with van der Waals surface area (Å²) in [5.41, 5.74) is 7.46. The summed E-state index contributed by atoms with van der Waals surface area (Å²) < 4.78 is 0. The van der Waals surface area contributed by atoms with Crippen molar-refractivity contribution in [3.8, 4) is 0 Å². The second-order valence-corrected chi connectivity index (χ2v) is 7.92. The molecule has 1 aromatic rings. The molecule has 4 amide bonds. The molecule has 4 rings (SSSR count). The van der Waals surface area contributed by atoms with E-state index in [1.165, 1.54) is 0 Å². The van der Waals surface area contributed by atoms with Crippen LogP contribution in [0.15, 0.2) is 18.2 Å². The number of likely N-dealkylation sites (tertiary alicyclic amines) is 1. The SMILES string of the molecule is N[C@@H]1CN(Cc2cccc3c2C(=O)N(C2CCC(=O)NC2=O)C3=O)CC[C@H]1CO. The van der Waals surface area contributed by atoms with E-state index in [9.17, 15) is 24.3 Å². The van der Waals surface area contributed by atoms with Crippen molar-refractivity contribution >= 4 is 23.6 Å². The first-order valence-corrected chi connectivity index (χ1v) is 9.83. The van der Waals surface area contributed by atoms with Crippen molar-refractivity contribution in [1.82, 2.24) is 15.1 Å². The van der Waals surface area contributed by atoms with E-state index < -0.39 is 29.7 Å². The van der Waals surface area contributed by atoms with E-state index in [1.54, 1.807) is 12.1 Å². The van der Waals surface area contributed by atoms with E-state index in [0.29, 0.717) is 24.2 Å². The molecule has 0 aromatic heterocycles. The molecule has 2 saturated heterocycles. The fourth-order valence-corrected chi connectivity index (χ4v) is 4.43. The van der Waals surface area contributed by atoms with Gasteiger partial charge < -0.3 is 10.8 Å². The maximum Gasteiger partial charge on any atom is 0.262 e. The standard InChI is InChI=1S/C20H24N4O5/c21-14-9-23(7-6-12(14)10-25)8-11-2-1-3-13-17(11)20(29)24(19(13)28)15-4-5-16(26)22-18(15)27/h1-3,12,14-15,25H,4-10,21H2,(H,22,26,27)/t12-,14+,15?/m0/s1. The van der Waals surface area contributed by atoms with Gasteiger partial charge in [0, 0.05) is 32.2 Å². The lowest BCUT2D eigenvalue weighted by molar-refractivity contribution is -0.136. The highest BCUT2D eigenvalue weighted by Gasteiger charge is 2.45. The van der Waals surface area contributed by atoms with Gasteiger partial charge in [-0.05, 0) is 36.9 Å². The van der Waals surface area contributed by atoms with Crippen LogP contribution in [0.5, 0.6) is 0 Å². The first-order valence-electron chi connectivity index (χ1n) is 9.83. The lowest BCUT2D eigenvalue weighted by atomic mass is 9.92. The van der Waals surface area contributed by atoms with E-state index >= 15 is 0 Å². The lowest BCUT2D eigenvalue weighted by Crippen LogP contribution is -2.54. The van der Waals surface area contributed by atoms with Crippen molar-refractivity contribution in [2.45, 2.75) is 37.9 Å². The molecular formula is C20H24N4O5. The quantitative estimate of drug-likeness (QED) is 0.565. The Morgan fingerprint density at radius 2 is 1.93 bits per heavy atom. The Balaban J connectivity index is 1.57. The molecule has 0 spiro atoms. The number of hydrogen-bond donors (Lipinski definition) is 3. The van der Waals surface area contributed by atoms with Crippen molar-refractivity contribution in [3.63, 3.8) is 0 Å². The summed E-state index contributed by atoms with van der Waals surface area (Å²) in [7, 11) is 0. The molecule has 29 heavy (non-hydrogen) atoms. The Labute approximate surface area is 167 Å². The maximum absolute atomic E-state index is 13.1. The van der Waals surface area contributed by atoms with Gasteiger partial charge in [0.1, 0.15) is 6.04 Å². The highest BCUT2D eigenvalue weighted by atomic mass is 16.3. The van der Waals surface area contributed by atoms with Crippen LogP contribution in [-0.4, -0.2) is 70.3 Å². The Hall–Kier alpha value is -2.62. The van der Waals surface area contributed by atoms with Crippen LogP contribution in [-0.2, 0) is 16.1 Å². The van der Waals surface area contributed by atoms with Crippen molar-refractivity contribution in [2.24, 2.45) is 11.7 Å². The molecule has 3 aliphatic rings. The van der Waals surface area contributed by atoms with Gasteiger partial charge in [-0.3, -0.25) is 34.3 Å². The summed E-state index contributed by atoms with van der Waals surface area (Å²) >= 11 is 0. The first kappa shape index (κ1) is 19.7. The number of aliphatic hydroxyl groups is 1. The van der Waals surface area contributed by atoms with Crippen LogP contribution in [0.2, 0.25) is 0 Å². The minimum Gasteiger partial charge on any atom is -0.396 e. The third-order valence-electron chi connectivity index (χ3n) is 6.07. The summed E-state index contributed by atoms with van der Waals surface area (Å²) in [6.07, 6.45) is 0.991. The summed E-state index contributed by atoms with van der Waals surface area (Å²) in [6.45, 7) is 1.84. The number of nitrogens with zero attached hydrogens (tertiary/aromatic N) is 2. The minimum absolute atomic E-state index is 0.0592. The van der Waals surface area contributed by atoms with Crippen LogP contribution in [0.4, 0.5) is 0 Å². The van der Waals surface area contributed by atoms with Crippen LogP contribution in [0.3, 0.4) is 0 Å². The van der Waals surface area contributed by atoms with Crippen LogP contribution in [0.1, 0.15) is 45.5 Å². The van der Waals surface area contributed by atoms with E-state index in [2.05, 4.69) is 10.2 Å². The minimum atomic E-state index is -0.971. The molecule has 9 nitrogen and oxygen atoms in total. The number of fused-ring (bicyclic) bond motifs is 1. The number of amides is 4. The van der Waals surface area contributed by atoms with Gasteiger partial charge in [-0.2, -0.15) is 0 Å². The zero-order valence-electron chi connectivity index (χ0n) is 16.0. The predicted octanol–water partition coefficient (Wildman–Crippen LogP) is -0.771. The maximum atomic E-state index is 13.1. The normalized spacial score (nSPS) is 27.9. The highest BCUT2D eigenvalue weighted by molar-refractivity contribution is 6.24. The Morgan fingerprint density at radius 3 is 2.62 bits per heavy atom. The van der Waals surface area contributed by atoms with Crippen LogP contribution in [0, 0.1) is 5.92 Å². The topological polar surface area (TPSA) is 133 Å². The van der Waals surface area contributed by atoms with E-state index in [4.69, 9.17) is 5.73 Å². The molecule has 0 saturated carbocycles. The molecule has 1 unspecified atom stereocenters. The average molecular weight is 400 g/mol. The van der Waals surface area contributed by atoms with Gasteiger partial charge in [0.2, 0.25) is 11.8 Å². The van der Waals surface area contributed by atoms with Crippen molar-refractivity contribution in [2.75, 3.05) is 19.7 Å². The zero-order valence-corrected chi connectivity index (χ0v) is 16.0.